The molecule has 2 heterocycles. The largest absolute Gasteiger partial charge is 0.462 e. The van der Waals surface area contributed by atoms with Gasteiger partial charge >= 0.3 is 5.97 Å². The van der Waals surface area contributed by atoms with Crippen LogP contribution in [0.5, 0.6) is 0 Å². The van der Waals surface area contributed by atoms with E-state index in [-0.39, 0.29) is 5.97 Å². The van der Waals surface area contributed by atoms with Crippen molar-refractivity contribution >= 4 is 16.9 Å². The number of rotatable bonds is 2. The van der Waals surface area contributed by atoms with Gasteiger partial charge in [0.25, 0.3) is 0 Å². The van der Waals surface area contributed by atoms with Gasteiger partial charge in [0, 0.05) is 23.3 Å². The minimum atomic E-state index is -0.390. The zero-order valence-electron chi connectivity index (χ0n) is 10.5. The van der Waals surface area contributed by atoms with E-state index >= 15 is 0 Å². The molecule has 1 aromatic rings. The van der Waals surface area contributed by atoms with Crippen LogP contribution in [0.1, 0.15) is 17.3 Å². The van der Waals surface area contributed by atoms with Crippen molar-refractivity contribution in [3.63, 3.8) is 0 Å². The number of hydrogen-bond donors (Lipinski definition) is 0. The van der Waals surface area contributed by atoms with Crippen molar-refractivity contribution in [3.05, 3.63) is 48.3 Å². The number of ether oxygens (including phenoxy) is 1. The van der Waals surface area contributed by atoms with Crippen molar-refractivity contribution in [2.24, 2.45) is 0 Å². The van der Waals surface area contributed by atoms with Gasteiger partial charge in [-0.3, -0.25) is 4.98 Å². The van der Waals surface area contributed by atoms with E-state index in [4.69, 9.17) is 4.74 Å². The van der Waals surface area contributed by atoms with Gasteiger partial charge in [-0.05, 0) is 19.1 Å². The second-order valence-corrected chi connectivity index (χ2v) is 4.12. The highest BCUT2D eigenvalue weighted by Crippen LogP contribution is 2.32. The Morgan fingerprint density at radius 1 is 1.26 bits per heavy atom. The number of carbonyl (C=O) groups is 1. The van der Waals surface area contributed by atoms with Crippen molar-refractivity contribution in [2.45, 2.75) is 6.92 Å². The number of aromatic nitrogens is 2. The summed E-state index contributed by atoms with van der Waals surface area (Å²) in [5.74, 6) is -0.390. The Balaban J connectivity index is 2.29. The number of carbonyl (C=O) groups excluding carboxylic acids is 1. The Morgan fingerprint density at radius 3 is 2.95 bits per heavy atom. The maximum Gasteiger partial charge on any atom is 0.341 e. The van der Waals surface area contributed by atoms with Crippen LogP contribution in [0.2, 0.25) is 0 Å². The van der Waals surface area contributed by atoms with Gasteiger partial charge in [-0.25, -0.2) is 9.78 Å². The van der Waals surface area contributed by atoms with Gasteiger partial charge in [-0.1, -0.05) is 18.2 Å². The molecule has 0 saturated heterocycles. The number of hydrogen-bond acceptors (Lipinski definition) is 4. The normalized spacial score (nSPS) is 10.8. The van der Waals surface area contributed by atoms with Crippen LogP contribution in [0.3, 0.4) is 0 Å². The SMILES string of the molecule is CCOC(=O)c1cnccc2c3ccccc3nc1-2. The molecule has 0 unspecified atom stereocenters. The van der Waals surface area contributed by atoms with E-state index in [9.17, 15) is 4.79 Å². The molecule has 0 atom stereocenters. The van der Waals surface area contributed by atoms with Crippen molar-refractivity contribution < 1.29 is 9.53 Å². The second kappa shape index (κ2) is 4.65. The number of para-hydroxylation sites is 1. The minimum Gasteiger partial charge on any atom is -0.462 e. The summed E-state index contributed by atoms with van der Waals surface area (Å²) in [6, 6.07) is 9.66. The van der Waals surface area contributed by atoms with E-state index < -0.39 is 0 Å². The Hall–Kier alpha value is -2.49. The summed E-state index contributed by atoms with van der Waals surface area (Å²) in [6.07, 6.45) is 3.17. The molecule has 0 spiro atoms. The van der Waals surface area contributed by atoms with Gasteiger partial charge in [0.05, 0.1) is 17.8 Å². The molecule has 0 saturated carbocycles. The molecular weight excluding hydrogens is 240 g/mol. The molecule has 4 nitrogen and oxygen atoms in total. The van der Waals surface area contributed by atoms with E-state index in [1.807, 2.05) is 30.3 Å². The Labute approximate surface area is 110 Å². The summed E-state index contributed by atoms with van der Waals surface area (Å²) in [5.41, 5.74) is 2.82. The van der Waals surface area contributed by atoms with E-state index in [0.29, 0.717) is 17.9 Å². The molecule has 0 radical (unpaired) electrons. The third kappa shape index (κ3) is 1.91. The smallest absolute Gasteiger partial charge is 0.341 e. The summed E-state index contributed by atoms with van der Waals surface area (Å²) >= 11 is 0. The zero-order valence-corrected chi connectivity index (χ0v) is 10.5. The third-order valence-corrected chi connectivity index (χ3v) is 2.96. The lowest BCUT2D eigenvalue weighted by Crippen LogP contribution is -2.05. The van der Waals surface area contributed by atoms with Crippen LogP contribution in [-0.4, -0.2) is 22.5 Å². The molecule has 1 aromatic carbocycles. The van der Waals surface area contributed by atoms with Crippen molar-refractivity contribution in [2.75, 3.05) is 6.61 Å². The van der Waals surface area contributed by atoms with Crippen LogP contribution in [0.25, 0.3) is 22.2 Å². The molecule has 0 N–H and O–H groups in total. The zero-order chi connectivity index (χ0) is 13.2. The van der Waals surface area contributed by atoms with Crippen LogP contribution in [0, 0.1) is 0 Å². The van der Waals surface area contributed by atoms with Gasteiger partial charge in [-0.2, -0.15) is 0 Å². The fraction of sp³-hybridized carbons (Fsp3) is 0.133. The lowest BCUT2D eigenvalue weighted by atomic mass is 10.1. The third-order valence-electron chi connectivity index (χ3n) is 2.96. The standard InChI is InChI=1S/C15H12N2O2/c1-2-19-15(18)12-9-16-8-7-11-10-5-3-4-6-13(10)17-14(11)12/h3-9H,2H2,1H3. The summed E-state index contributed by atoms with van der Waals surface area (Å²) in [7, 11) is 0. The highest BCUT2D eigenvalue weighted by molar-refractivity contribution is 6.04. The Bertz CT molecular complexity index is 724. The number of benzene rings is 1. The van der Waals surface area contributed by atoms with Gasteiger partial charge < -0.3 is 4.74 Å². The number of nitrogens with zero attached hydrogens (tertiary/aromatic N) is 2. The summed E-state index contributed by atoms with van der Waals surface area (Å²) < 4.78 is 5.05. The van der Waals surface area contributed by atoms with Crippen molar-refractivity contribution in [3.8, 4) is 11.3 Å². The van der Waals surface area contributed by atoms with Crippen LogP contribution in [0.15, 0.2) is 42.7 Å². The monoisotopic (exact) mass is 252 g/mol. The lowest BCUT2D eigenvalue weighted by Gasteiger charge is -2.01. The van der Waals surface area contributed by atoms with E-state index in [2.05, 4.69) is 9.97 Å². The first-order valence-electron chi connectivity index (χ1n) is 6.11. The lowest BCUT2D eigenvalue weighted by molar-refractivity contribution is 0.0526. The van der Waals surface area contributed by atoms with Crippen molar-refractivity contribution in [1.29, 1.82) is 0 Å². The highest BCUT2D eigenvalue weighted by Gasteiger charge is 2.19. The molecule has 0 fully saturated rings. The predicted octanol–water partition coefficient (Wildman–Crippen LogP) is 2.91. The maximum absolute atomic E-state index is 12.0. The van der Waals surface area contributed by atoms with E-state index in [0.717, 1.165) is 16.5 Å². The average molecular weight is 252 g/mol. The summed E-state index contributed by atoms with van der Waals surface area (Å²) in [5, 5.41) is 1.01. The second-order valence-electron chi connectivity index (χ2n) is 4.12. The van der Waals surface area contributed by atoms with Gasteiger partial charge in [0.1, 0.15) is 5.56 Å². The number of esters is 1. The molecule has 94 valence electrons. The van der Waals surface area contributed by atoms with Crippen LogP contribution in [-0.2, 0) is 4.74 Å². The van der Waals surface area contributed by atoms with Gasteiger partial charge in [0.2, 0.25) is 0 Å². The van der Waals surface area contributed by atoms with E-state index in [1.165, 1.54) is 6.20 Å². The maximum atomic E-state index is 12.0. The molecule has 2 aliphatic heterocycles. The van der Waals surface area contributed by atoms with Crippen LogP contribution < -0.4 is 0 Å². The average Bonchev–Trinajstić information content (AvgIpc) is 2.64. The van der Waals surface area contributed by atoms with Crippen LogP contribution in [0.4, 0.5) is 0 Å². The Kier molecular flexibility index (Phi) is 2.83. The molecule has 2 aliphatic rings. The molecule has 3 rings (SSSR count). The van der Waals surface area contributed by atoms with Crippen molar-refractivity contribution in [1.82, 2.24) is 9.97 Å². The molecule has 0 aromatic heterocycles. The summed E-state index contributed by atoms with van der Waals surface area (Å²) in [6.45, 7) is 2.11. The quantitative estimate of drug-likeness (QED) is 0.658. The van der Waals surface area contributed by atoms with Gasteiger partial charge in [0.15, 0.2) is 0 Å². The van der Waals surface area contributed by atoms with Gasteiger partial charge in [-0.15, -0.1) is 0 Å². The van der Waals surface area contributed by atoms with E-state index in [1.54, 1.807) is 13.1 Å². The fourth-order valence-electron chi connectivity index (χ4n) is 2.14. The van der Waals surface area contributed by atoms with Crippen LogP contribution >= 0.6 is 0 Å². The first-order valence-corrected chi connectivity index (χ1v) is 6.11. The minimum absolute atomic E-state index is 0.333. The molecule has 4 heteroatoms. The molecule has 0 aliphatic carbocycles. The fourth-order valence-corrected chi connectivity index (χ4v) is 2.14. The molecular formula is C15H12N2O2. The first-order chi connectivity index (χ1) is 9.31. The Morgan fingerprint density at radius 2 is 2.11 bits per heavy atom. The molecule has 0 amide bonds. The highest BCUT2D eigenvalue weighted by atomic mass is 16.5. The predicted molar refractivity (Wildman–Crippen MR) is 72.1 cm³/mol. The topological polar surface area (TPSA) is 52.1 Å². The first kappa shape index (κ1) is 11.6. The summed E-state index contributed by atoms with van der Waals surface area (Å²) in [4.78, 5) is 20.6. The molecule has 19 heavy (non-hydrogen) atoms. The molecule has 0 bridgehead atoms. The number of fused-ring (bicyclic) bond motifs is 3.